The Morgan fingerprint density at radius 2 is 1.95 bits per heavy atom. The van der Waals surface area contributed by atoms with Gasteiger partial charge in [0.05, 0.1) is 5.25 Å². The fourth-order valence-corrected chi connectivity index (χ4v) is 2.88. The molecule has 0 spiro atoms. The third-order valence-electron chi connectivity index (χ3n) is 3.12. The number of rotatable bonds is 4. The van der Waals surface area contributed by atoms with Gasteiger partial charge in [0.1, 0.15) is 6.33 Å². The summed E-state index contributed by atoms with van der Waals surface area (Å²) in [6.45, 7) is 7.83. The Kier molecular flexibility index (Phi) is 4.52. The van der Waals surface area contributed by atoms with Gasteiger partial charge in [-0.25, -0.2) is 4.68 Å². The molecule has 0 aliphatic rings. The summed E-state index contributed by atoms with van der Waals surface area (Å²) in [6.07, 6.45) is 1.40. The zero-order valence-electron chi connectivity index (χ0n) is 12.5. The van der Waals surface area contributed by atoms with Crippen molar-refractivity contribution in [3.05, 3.63) is 35.2 Å². The molecule has 0 unspecified atom stereocenters. The van der Waals surface area contributed by atoms with Gasteiger partial charge in [-0.1, -0.05) is 29.5 Å². The van der Waals surface area contributed by atoms with Crippen LogP contribution in [-0.4, -0.2) is 26.0 Å². The third kappa shape index (κ3) is 3.55. The highest BCUT2D eigenvalue weighted by atomic mass is 32.2. The van der Waals surface area contributed by atoms with Gasteiger partial charge in [0.25, 0.3) is 0 Å². The van der Waals surface area contributed by atoms with Crippen molar-refractivity contribution in [2.75, 3.05) is 11.2 Å². The average molecular weight is 305 g/mol. The number of nitrogens with zero attached hydrogens (tertiary/aromatic N) is 3. The summed E-state index contributed by atoms with van der Waals surface area (Å²) in [5, 5.41) is 10.7. The highest BCUT2D eigenvalue weighted by Gasteiger charge is 2.18. The van der Waals surface area contributed by atoms with Crippen LogP contribution in [0.2, 0.25) is 0 Å². The van der Waals surface area contributed by atoms with Gasteiger partial charge in [-0.15, -0.1) is 10.2 Å². The molecule has 0 saturated heterocycles. The van der Waals surface area contributed by atoms with Crippen LogP contribution in [0.25, 0.3) is 0 Å². The lowest BCUT2D eigenvalue weighted by Gasteiger charge is -2.15. The number of aromatic nitrogens is 3. The van der Waals surface area contributed by atoms with Gasteiger partial charge >= 0.3 is 0 Å². The number of nitrogen functional groups attached to an aromatic ring is 1. The van der Waals surface area contributed by atoms with E-state index < -0.39 is 0 Å². The second kappa shape index (κ2) is 6.17. The van der Waals surface area contributed by atoms with E-state index in [2.05, 4.69) is 27.6 Å². The first-order chi connectivity index (χ1) is 9.88. The number of carbonyl (C=O) groups excluding carboxylic acids is 1. The van der Waals surface area contributed by atoms with E-state index in [-0.39, 0.29) is 11.2 Å². The first kappa shape index (κ1) is 15.4. The largest absolute Gasteiger partial charge is 0.336 e. The van der Waals surface area contributed by atoms with Crippen molar-refractivity contribution in [1.29, 1.82) is 0 Å². The number of anilines is 1. The summed E-state index contributed by atoms with van der Waals surface area (Å²) < 4.78 is 1.30. The SMILES string of the molecule is Cc1cc(C)c(NC(=O)[C@H](C)Sc2nncn2N)c(C)c1. The minimum absolute atomic E-state index is 0.0851. The van der Waals surface area contributed by atoms with Crippen molar-refractivity contribution < 1.29 is 4.79 Å². The fourth-order valence-electron chi connectivity index (χ4n) is 2.13. The van der Waals surface area contributed by atoms with E-state index in [0.717, 1.165) is 16.8 Å². The average Bonchev–Trinajstić information content (AvgIpc) is 2.79. The molecule has 1 amide bonds. The van der Waals surface area contributed by atoms with Crippen LogP contribution in [0.4, 0.5) is 5.69 Å². The lowest BCUT2D eigenvalue weighted by atomic mass is 10.1. The molecule has 3 N–H and O–H groups in total. The van der Waals surface area contributed by atoms with Crippen LogP contribution in [0.15, 0.2) is 23.6 Å². The smallest absolute Gasteiger partial charge is 0.237 e. The summed E-state index contributed by atoms with van der Waals surface area (Å²) >= 11 is 1.27. The molecule has 1 heterocycles. The van der Waals surface area contributed by atoms with Gasteiger partial charge < -0.3 is 11.2 Å². The number of thioether (sulfide) groups is 1. The monoisotopic (exact) mass is 305 g/mol. The molecule has 112 valence electrons. The minimum Gasteiger partial charge on any atom is -0.336 e. The molecule has 0 aliphatic heterocycles. The van der Waals surface area contributed by atoms with Crippen molar-refractivity contribution in [2.45, 2.75) is 38.1 Å². The van der Waals surface area contributed by atoms with Crippen LogP contribution in [0.1, 0.15) is 23.6 Å². The van der Waals surface area contributed by atoms with Gasteiger partial charge in [0, 0.05) is 5.69 Å². The molecule has 1 aromatic carbocycles. The van der Waals surface area contributed by atoms with Gasteiger partial charge in [0.15, 0.2) is 0 Å². The standard InChI is InChI=1S/C14H19N5OS/c1-8-5-9(2)12(10(3)6-8)17-13(20)11(4)21-14-18-16-7-19(14)15/h5-7,11H,15H2,1-4H3,(H,17,20)/t11-/m0/s1. The van der Waals surface area contributed by atoms with Crippen LogP contribution in [0.3, 0.4) is 0 Å². The number of nitrogens with two attached hydrogens (primary N) is 1. The van der Waals surface area contributed by atoms with Crippen LogP contribution in [-0.2, 0) is 4.79 Å². The lowest BCUT2D eigenvalue weighted by Crippen LogP contribution is -2.24. The number of aryl methyl sites for hydroxylation is 3. The topological polar surface area (TPSA) is 85.8 Å². The molecule has 1 aromatic heterocycles. The van der Waals surface area contributed by atoms with Crippen LogP contribution >= 0.6 is 11.8 Å². The lowest BCUT2D eigenvalue weighted by molar-refractivity contribution is -0.115. The molecular weight excluding hydrogens is 286 g/mol. The number of hydrogen-bond acceptors (Lipinski definition) is 5. The van der Waals surface area contributed by atoms with Gasteiger partial charge in [-0.2, -0.15) is 0 Å². The Morgan fingerprint density at radius 1 is 1.33 bits per heavy atom. The zero-order valence-corrected chi connectivity index (χ0v) is 13.4. The Labute approximate surface area is 128 Å². The Balaban J connectivity index is 2.09. The molecule has 0 bridgehead atoms. The highest BCUT2D eigenvalue weighted by Crippen LogP contribution is 2.25. The van der Waals surface area contributed by atoms with Crippen molar-refractivity contribution in [1.82, 2.24) is 14.9 Å². The summed E-state index contributed by atoms with van der Waals surface area (Å²) in [6, 6.07) is 4.11. The predicted octanol–water partition coefficient (Wildman–Crippen LogP) is 2.04. The Morgan fingerprint density at radius 3 is 2.48 bits per heavy atom. The van der Waals surface area contributed by atoms with Crippen LogP contribution in [0, 0.1) is 20.8 Å². The maximum Gasteiger partial charge on any atom is 0.237 e. The summed E-state index contributed by atoms with van der Waals surface area (Å²) in [5.74, 6) is 5.56. The summed E-state index contributed by atoms with van der Waals surface area (Å²) in [4.78, 5) is 12.3. The number of hydrogen-bond donors (Lipinski definition) is 2. The maximum atomic E-state index is 12.3. The van der Waals surface area contributed by atoms with Gasteiger partial charge in [-0.3, -0.25) is 4.79 Å². The van der Waals surface area contributed by atoms with Gasteiger partial charge in [0.2, 0.25) is 11.1 Å². The summed E-state index contributed by atoms with van der Waals surface area (Å²) in [5.41, 5.74) is 4.16. The van der Waals surface area contributed by atoms with Crippen molar-refractivity contribution >= 4 is 23.4 Å². The number of benzene rings is 1. The number of carbonyl (C=O) groups is 1. The normalized spacial score (nSPS) is 12.2. The zero-order chi connectivity index (χ0) is 15.6. The molecule has 6 nitrogen and oxygen atoms in total. The number of amides is 1. The van der Waals surface area contributed by atoms with Crippen molar-refractivity contribution in [3.8, 4) is 0 Å². The molecule has 0 saturated carbocycles. The van der Waals surface area contributed by atoms with E-state index in [1.165, 1.54) is 28.3 Å². The quantitative estimate of drug-likeness (QED) is 0.667. The maximum absolute atomic E-state index is 12.3. The third-order valence-corrected chi connectivity index (χ3v) is 4.19. The van der Waals surface area contributed by atoms with E-state index in [9.17, 15) is 4.79 Å². The van der Waals surface area contributed by atoms with E-state index in [4.69, 9.17) is 5.84 Å². The molecule has 21 heavy (non-hydrogen) atoms. The molecule has 0 aliphatic carbocycles. The second-order valence-electron chi connectivity index (χ2n) is 5.04. The molecule has 0 fully saturated rings. The number of nitrogens with one attached hydrogen (secondary N) is 1. The molecular formula is C14H19N5OS. The van der Waals surface area contributed by atoms with Crippen LogP contribution in [0.5, 0.6) is 0 Å². The second-order valence-corrected chi connectivity index (χ2v) is 6.35. The van der Waals surface area contributed by atoms with Gasteiger partial charge in [-0.05, 0) is 38.8 Å². The fraction of sp³-hybridized carbons (Fsp3) is 0.357. The van der Waals surface area contributed by atoms with Crippen molar-refractivity contribution in [2.24, 2.45) is 0 Å². The van der Waals surface area contributed by atoms with E-state index in [1.54, 1.807) is 0 Å². The minimum atomic E-state index is -0.323. The Bertz CT molecular complexity index is 644. The molecule has 2 rings (SSSR count). The molecule has 7 heteroatoms. The van der Waals surface area contributed by atoms with E-state index in [1.807, 2.05) is 27.7 Å². The molecule has 0 radical (unpaired) electrons. The van der Waals surface area contributed by atoms with Crippen molar-refractivity contribution in [3.63, 3.8) is 0 Å². The first-order valence-corrected chi connectivity index (χ1v) is 7.47. The molecule has 2 aromatic rings. The predicted molar refractivity (Wildman–Crippen MR) is 84.8 cm³/mol. The van der Waals surface area contributed by atoms with Crippen LogP contribution < -0.4 is 11.2 Å². The van der Waals surface area contributed by atoms with E-state index >= 15 is 0 Å². The highest BCUT2D eigenvalue weighted by molar-refractivity contribution is 8.00. The van der Waals surface area contributed by atoms with E-state index in [0.29, 0.717) is 5.16 Å². The summed E-state index contributed by atoms with van der Waals surface area (Å²) in [7, 11) is 0. The Hall–Kier alpha value is -2.02. The molecule has 1 atom stereocenters. The first-order valence-electron chi connectivity index (χ1n) is 6.59.